The zero-order valence-electron chi connectivity index (χ0n) is 14.1. The number of likely N-dealkylation sites (N-methyl/N-ethyl adjacent to an activating group) is 2. The molecule has 2 aromatic rings. The number of carbonyl (C=O) groups excluding carboxylic acids is 1. The lowest BCUT2D eigenvalue weighted by Gasteiger charge is -2.24. The van der Waals surface area contributed by atoms with E-state index in [4.69, 9.17) is 23.2 Å². The Labute approximate surface area is 162 Å². The van der Waals surface area contributed by atoms with Crippen molar-refractivity contribution >= 4 is 44.8 Å². The van der Waals surface area contributed by atoms with E-state index in [1.165, 1.54) is 54.4 Å². The van der Waals surface area contributed by atoms with Gasteiger partial charge < -0.3 is 4.90 Å². The van der Waals surface area contributed by atoms with E-state index >= 15 is 0 Å². The van der Waals surface area contributed by atoms with Crippen LogP contribution in [0.1, 0.15) is 6.92 Å². The highest BCUT2D eigenvalue weighted by Gasteiger charge is 2.29. The summed E-state index contributed by atoms with van der Waals surface area (Å²) in [6.07, 6.45) is 0. The minimum atomic E-state index is -4.01. The number of rotatable bonds is 6. The molecule has 0 aromatic heterocycles. The number of amides is 1. The van der Waals surface area contributed by atoms with Crippen LogP contribution in [0.2, 0.25) is 10.0 Å². The molecule has 0 radical (unpaired) electrons. The van der Waals surface area contributed by atoms with Gasteiger partial charge in [-0.25, -0.2) is 12.8 Å². The molecule has 0 saturated carbocycles. The summed E-state index contributed by atoms with van der Waals surface area (Å²) >= 11 is 11.9. The molecular weight excluding hydrogens is 402 g/mol. The van der Waals surface area contributed by atoms with Gasteiger partial charge in [0.1, 0.15) is 10.7 Å². The number of carbonyl (C=O) groups is 1. The largest absolute Gasteiger partial charge is 0.314 e. The summed E-state index contributed by atoms with van der Waals surface area (Å²) in [7, 11) is -2.52. The van der Waals surface area contributed by atoms with Crippen LogP contribution >= 0.6 is 23.2 Å². The molecule has 2 aromatic carbocycles. The summed E-state index contributed by atoms with van der Waals surface area (Å²) in [5.41, 5.74) is 0.450. The molecule has 1 amide bonds. The van der Waals surface area contributed by atoms with Crippen molar-refractivity contribution in [3.8, 4) is 0 Å². The van der Waals surface area contributed by atoms with E-state index < -0.39 is 28.3 Å². The molecule has 140 valence electrons. The summed E-state index contributed by atoms with van der Waals surface area (Å²) < 4.78 is 39.7. The molecule has 0 unspecified atom stereocenters. The smallest absolute Gasteiger partial charge is 0.245 e. The Bertz CT molecular complexity index is 905. The molecule has 0 bridgehead atoms. The predicted molar refractivity (Wildman–Crippen MR) is 101 cm³/mol. The van der Waals surface area contributed by atoms with Gasteiger partial charge in [0.15, 0.2) is 0 Å². The SMILES string of the molecule is CCN(CC(=O)N(C)c1ccc(F)cc1)S(=O)(=O)c1cc(Cl)ccc1Cl. The van der Waals surface area contributed by atoms with E-state index in [1.807, 2.05) is 0 Å². The molecule has 9 heteroatoms. The fraction of sp³-hybridized carbons (Fsp3) is 0.235. The third-order valence-electron chi connectivity index (χ3n) is 3.76. The van der Waals surface area contributed by atoms with Crippen LogP contribution in [0.4, 0.5) is 10.1 Å². The standard InChI is InChI=1S/C17H17Cl2FN2O3S/c1-3-22(26(24,25)16-10-12(18)4-9-15(16)19)11-17(23)21(2)14-7-5-13(20)6-8-14/h4-10H,3,11H2,1-2H3. The van der Waals surface area contributed by atoms with E-state index in [2.05, 4.69) is 0 Å². The van der Waals surface area contributed by atoms with Crippen LogP contribution in [0.15, 0.2) is 47.4 Å². The molecule has 5 nitrogen and oxygen atoms in total. The van der Waals surface area contributed by atoms with Gasteiger partial charge in [0.25, 0.3) is 0 Å². The van der Waals surface area contributed by atoms with Gasteiger partial charge in [-0.3, -0.25) is 4.79 Å². The lowest BCUT2D eigenvalue weighted by molar-refractivity contribution is -0.118. The molecule has 0 aliphatic carbocycles. The number of hydrogen-bond donors (Lipinski definition) is 0. The van der Waals surface area contributed by atoms with Crippen LogP contribution in [0.25, 0.3) is 0 Å². The van der Waals surface area contributed by atoms with Gasteiger partial charge in [-0.05, 0) is 42.5 Å². The topological polar surface area (TPSA) is 57.7 Å². The maximum Gasteiger partial charge on any atom is 0.245 e. The van der Waals surface area contributed by atoms with Crippen molar-refractivity contribution in [2.75, 3.05) is 25.0 Å². The summed E-state index contributed by atoms with van der Waals surface area (Å²) in [6, 6.07) is 9.43. The molecule has 0 saturated heterocycles. The Hall–Kier alpha value is -1.67. The second kappa shape index (κ2) is 8.35. The van der Waals surface area contributed by atoms with Gasteiger partial charge in [0, 0.05) is 24.3 Å². The minimum Gasteiger partial charge on any atom is -0.314 e. The summed E-state index contributed by atoms with van der Waals surface area (Å²) in [4.78, 5) is 13.6. The average molecular weight is 419 g/mol. The van der Waals surface area contributed by atoms with E-state index in [-0.39, 0.29) is 21.5 Å². The number of anilines is 1. The number of sulfonamides is 1. The maximum atomic E-state index is 13.0. The third-order valence-corrected chi connectivity index (χ3v) is 6.40. The van der Waals surface area contributed by atoms with E-state index in [1.54, 1.807) is 6.92 Å². The first-order valence-corrected chi connectivity index (χ1v) is 9.83. The van der Waals surface area contributed by atoms with Crippen molar-refractivity contribution in [3.63, 3.8) is 0 Å². The highest BCUT2D eigenvalue weighted by molar-refractivity contribution is 7.89. The van der Waals surface area contributed by atoms with Gasteiger partial charge in [-0.2, -0.15) is 4.31 Å². The Morgan fingerprint density at radius 1 is 1.12 bits per heavy atom. The molecule has 0 heterocycles. The first kappa shape index (κ1) is 20.6. The first-order valence-electron chi connectivity index (χ1n) is 7.64. The molecule has 0 spiro atoms. The van der Waals surface area contributed by atoms with Crippen LogP contribution in [0.5, 0.6) is 0 Å². The van der Waals surface area contributed by atoms with E-state index in [0.29, 0.717) is 5.69 Å². The fourth-order valence-electron chi connectivity index (χ4n) is 2.25. The van der Waals surface area contributed by atoms with Crippen molar-refractivity contribution in [1.29, 1.82) is 0 Å². The van der Waals surface area contributed by atoms with Gasteiger partial charge in [0.2, 0.25) is 15.9 Å². The monoisotopic (exact) mass is 418 g/mol. The second-order valence-electron chi connectivity index (χ2n) is 5.44. The minimum absolute atomic E-state index is 0.0205. The third kappa shape index (κ3) is 4.54. The number of nitrogens with zero attached hydrogens (tertiary/aromatic N) is 2. The zero-order chi connectivity index (χ0) is 19.5. The fourth-order valence-corrected chi connectivity index (χ4v) is 4.38. The van der Waals surface area contributed by atoms with Crippen molar-refractivity contribution in [1.82, 2.24) is 4.31 Å². The first-order chi connectivity index (χ1) is 12.2. The van der Waals surface area contributed by atoms with Gasteiger partial charge >= 0.3 is 0 Å². The summed E-state index contributed by atoms with van der Waals surface area (Å²) in [5, 5.41) is 0.242. The lowest BCUT2D eigenvalue weighted by Crippen LogP contribution is -2.41. The highest BCUT2D eigenvalue weighted by atomic mass is 35.5. The average Bonchev–Trinajstić information content (AvgIpc) is 2.61. The Morgan fingerprint density at radius 2 is 1.73 bits per heavy atom. The van der Waals surface area contributed by atoms with Gasteiger partial charge in [-0.1, -0.05) is 30.1 Å². The molecular formula is C17H17Cl2FN2O3S. The summed E-state index contributed by atoms with van der Waals surface area (Å²) in [6.45, 7) is 1.28. The Balaban J connectivity index is 2.26. The van der Waals surface area contributed by atoms with Crippen molar-refractivity contribution in [2.45, 2.75) is 11.8 Å². The molecule has 2 rings (SSSR count). The Kier molecular flexibility index (Phi) is 6.63. The van der Waals surface area contributed by atoms with Crippen molar-refractivity contribution < 1.29 is 17.6 Å². The predicted octanol–water partition coefficient (Wildman–Crippen LogP) is 3.81. The van der Waals surface area contributed by atoms with Crippen LogP contribution in [-0.4, -0.2) is 38.8 Å². The number of hydrogen-bond acceptors (Lipinski definition) is 3. The molecule has 0 aliphatic heterocycles. The van der Waals surface area contributed by atoms with E-state index in [0.717, 1.165) is 4.31 Å². The molecule has 0 N–H and O–H groups in total. The van der Waals surface area contributed by atoms with Crippen LogP contribution in [-0.2, 0) is 14.8 Å². The lowest BCUT2D eigenvalue weighted by atomic mass is 10.3. The van der Waals surface area contributed by atoms with Crippen molar-refractivity contribution in [2.24, 2.45) is 0 Å². The second-order valence-corrected chi connectivity index (χ2v) is 8.19. The molecule has 0 aliphatic rings. The zero-order valence-corrected chi connectivity index (χ0v) is 16.4. The van der Waals surface area contributed by atoms with Crippen LogP contribution < -0.4 is 4.90 Å². The normalized spacial score (nSPS) is 11.6. The quantitative estimate of drug-likeness (QED) is 0.716. The highest BCUT2D eigenvalue weighted by Crippen LogP contribution is 2.27. The maximum absolute atomic E-state index is 13.0. The van der Waals surface area contributed by atoms with Gasteiger partial charge in [-0.15, -0.1) is 0 Å². The van der Waals surface area contributed by atoms with E-state index in [9.17, 15) is 17.6 Å². The molecule has 26 heavy (non-hydrogen) atoms. The van der Waals surface area contributed by atoms with Crippen molar-refractivity contribution in [3.05, 3.63) is 58.3 Å². The van der Waals surface area contributed by atoms with Gasteiger partial charge in [0.05, 0.1) is 11.6 Å². The van der Waals surface area contributed by atoms with Crippen LogP contribution in [0.3, 0.4) is 0 Å². The number of halogens is 3. The van der Waals surface area contributed by atoms with Crippen LogP contribution in [0, 0.1) is 5.82 Å². The number of benzene rings is 2. The Morgan fingerprint density at radius 3 is 2.31 bits per heavy atom. The molecule has 0 atom stereocenters. The summed E-state index contributed by atoms with van der Waals surface area (Å²) in [5.74, 6) is -0.900. The molecule has 0 fully saturated rings.